The predicted molar refractivity (Wildman–Crippen MR) is 163 cm³/mol. The van der Waals surface area contributed by atoms with Gasteiger partial charge in [-0.25, -0.2) is 9.78 Å². The molecule has 0 aliphatic carbocycles. The van der Waals surface area contributed by atoms with Gasteiger partial charge in [-0.2, -0.15) is 0 Å². The Labute approximate surface area is 244 Å². The first-order valence-corrected chi connectivity index (χ1v) is 14.7. The molecule has 2 aromatic heterocycles. The topological polar surface area (TPSA) is 128 Å². The van der Waals surface area contributed by atoms with E-state index >= 15 is 0 Å². The lowest BCUT2D eigenvalue weighted by molar-refractivity contribution is -0.384. The minimum absolute atomic E-state index is 0.0537. The number of aliphatic hydroxyl groups is 1. The lowest BCUT2D eigenvalue weighted by atomic mass is 10.1. The number of nitrogens with zero attached hydrogens (tertiary/aromatic N) is 6. The van der Waals surface area contributed by atoms with Crippen molar-refractivity contribution in [3.8, 4) is 0 Å². The molecule has 0 aliphatic rings. The summed E-state index contributed by atoms with van der Waals surface area (Å²) < 4.78 is 4.93. The molecule has 224 valence electrons. The molecule has 11 nitrogen and oxygen atoms in total. The predicted octanol–water partition coefficient (Wildman–Crippen LogP) is 3.61. The van der Waals surface area contributed by atoms with Gasteiger partial charge in [0.25, 0.3) is 11.2 Å². The molecule has 4 rings (SSSR count). The van der Waals surface area contributed by atoms with Crippen LogP contribution in [-0.2, 0) is 32.5 Å². The third-order valence-corrected chi connectivity index (χ3v) is 7.59. The van der Waals surface area contributed by atoms with Crippen molar-refractivity contribution in [1.29, 1.82) is 0 Å². The van der Waals surface area contributed by atoms with Crippen LogP contribution in [0, 0.1) is 10.1 Å². The Morgan fingerprint density at radius 3 is 2.26 bits per heavy atom. The normalized spacial score (nSPS) is 11.5. The summed E-state index contributed by atoms with van der Waals surface area (Å²) in [6.45, 7) is 7.19. The molecule has 0 atom stereocenters. The number of non-ortho nitro benzene ring substituents is 1. The Morgan fingerprint density at radius 1 is 0.881 bits per heavy atom. The van der Waals surface area contributed by atoms with Gasteiger partial charge in [0.1, 0.15) is 5.82 Å². The number of likely N-dealkylation sites (N-methyl/N-ethyl adjacent to an activating group) is 1. The fourth-order valence-corrected chi connectivity index (χ4v) is 5.31. The Balaban J connectivity index is 1.70. The summed E-state index contributed by atoms with van der Waals surface area (Å²) in [5.41, 5.74) is 2.28. The monoisotopic (exact) mass is 576 g/mol. The molecule has 0 aliphatic heterocycles. The molecule has 0 radical (unpaired) electrons. The molecular formula is C31H40N6O5. The Morgan fingerprint density at radius 2 is 1.62 bits per heavy atom. The molecule has 0 bridgehead atoms. The summed E-state index contributed by atoms with van der Waals surface area (Å²) >= 11 is 0. The van der Waals surface area contributed by atoms with Crippen LogP contribution >= 0.6 is 0 Å². The second kappa shape index (κ2) is 14.7. The number of hydrogen-bond acceptors (Lipinski definition) is 7. The van der Waals surface area contributed by atoms with Gasteiger partial charge in [-0.15, -0.1) is 0 Å². The van der Waals surface area contributed by atoms with Crippen LogP contribution in [-0.4, -0.2) is 59.9 Å². The number of imidazole rings is 1. The van der Waals surface area contributed by atoms with Gasteiger partial charge in [-0.05, 0) is 43.4 Å². The summed E-state index contributed by atoms with van der Waals surface area (Å²) in [5, 5.41) is 20.4. The molecule has 2 aromatic carbocycles. The molecule has 0 amide bonds. The van der Waals surface area contributed by atoms with Crippen LogP contribution in [0.2, 0.25) is 0 Å². The standard InChI is InChI=1S/C31H40N6O5/c1-3-17-36-30(39)28-29(35(31(36)40)18-9-8-10-24-13-15-26(16-14-24)37(41)42)32-27(23-25-11-6-5-7-12-25)34(28)20-19-33(4-2)21-22-38/h5-7,11-16,38H,3-4,8-10,17-23H2,1-2H3. The van der Waals surface area contributed by atoms with Crippen molar-refractivity contribution in [3.63, 3.8) is 0 Å². The highest BCUT2D eigenvalue weighted by atomic mass is 16.6. The molecule has 0 unspecified atom stereocenters. The van der Waals surface area contributed by atoms with Crippen LogP contribution in [0.25, 0.3) is 11.2 Å². The van der Waals surface area contributed by atoms with E-state index in [-0.39, 0.29) is 23.5 Å². The van der Waals surface area contributed by atoms with Crippen molar-refractivity contribution in [2.24, 2.45) is 0 Å². The van der Waals surface area contributed by atoms with Gasteiger partial charge >= 0.3 is 5.69 Å². The smallest absolute Gasteiger partial charge is 0.332 e. The second-order valence-electron chi connectivity index (χ2n) is 10.4. The fourth-order valence-electron chi connectivity index (χ4n) is 5.31. The average molecular weight is 577 g/mol. The van der Waals surface area contributed by atoms with Crippen molar-refractivity contribution in [3.05, 3.63) is 103 Å². The SMILES string of the molecule is CCCn1c(=O)c2c(nc(Cc3ccccc3)n2CCN(CC)CCO)n(CCCCc2ccc([N+](=O)[O-])cc2)c1=O. The number of hydrogen-bond donors (Lipinski definition) is 1. The third kappa shape index (κ3) is 7.21. The zero-order valence-electron chi connectivity index (χ0n) is 24.4. The van der Waals surface area contributed by atoms with Crippen LogP contribution in [0.5, 0.6) is 0 Å². The number of aliphatic hydroxyl groups excluding tert-OH is 1. The van der Waals surface area contributed by atoms with E-state index in [0.29, 0.717) is 63.2 Å². The fraction of sp³-hybridized carbons (Fsp3) is 0.452. The first kappa shape index (κ1) is 30.9. The number of rotatable bonds is 16. The molecule has 1 N–H and O–H groups in total. The maximum Gasteiger partial charge on any atom is 0.332 e. The number of unbranched alkanes of at least 4 members (excludes halogenated alkanes) is 1. The summed E-state index contributed by atoms with van der Waals surface area (Å²) in [4.78, 5) is 45.0. The average Bonchev–Trinajstić information content (AvgIpc) is 3.35. The van der Waals surface area contributed by atoms with Gasteiger partial charge in [0.2, 0.25) is 0 Å². The van der Waals surface area contributed by atoms with Crippen LogP contribution in [0.3, 0.4) is 0 Å². The Hall–Kier alpha value is -4.09. The lowest BCUT2D eigenvalue weighted by Gasteiger charge is -2.20. The summed E-state index contributed by atoms with van der Waals surface area (Å²) in [6, 6.07) is 16.5. The number of nitro groups is 1. The Bertz CT molecular complexity index is 1590. The molecule has 42 heavy (non-hydrogen) atoms. The number of benzene rings is 2. The summed E-state index contributed by atoms with van der Waals surface area (Å²) in [5.74, 6) is 0.724. The molecule has 0 saturated heterocycles. The maximum atomic E-state index is 13.8. The van der Waals surface area contributed by atoms with Crippen LogP contribution < -0.4 is 11.2 Å². The van der Waals surface area contributed by atoms with Crippen molar-refractivity contribution in [2.45, 2.75) is 65.6 Å². The van der Waals surface area contributed by atoms with Gasteiger partial charge in [0, 0.05) is 51.3 Å². The highest BCUT2D eigenvalue weighted by Gasteiger charge is 2.22. The number of aromatic nitrogens is 4. The van der Waals surface area contributed by atoms with Gasteiger partial charge in [-0.1, -0.05) is 56.3 Å². The zero-order valence-corrected chi connectivity index (χ0v) is 24.4. The maximum absolute atomic E-state index is 13.8. The van der Waals surface area contributed by atoms with E-state index in [1.54, 1.807) is 16.7 Å². The number of fused-ring (bicyclic) bond motifs is 1. The largest absolute Gasteiger partial charge is 0.395 e. The van der Waals surface area contributed by atoms with Gasteiger partial charge in [0.15, 0.2) is 11.2 Å². The Kier molecular flexibility index (Phi) is 10.8. The van der Waals surface area contributed by atoms with E-state index in [0.717, 1.165) is 36.3 Å². The van der Waals surface area contributed by atoms with E-state index in [1.807, 2.05) is 48.7 Å². The zero-order chi connectivity index (χ0) is 30.1. The third-order valence-electron chi connectivity index (χ3n) is 7.59. The quantitative estimate of drug-likeness (QED) is 0.123. The van der Waals surface area contributed by atoms with Gasteiger partial charge in [0.05, 0.1) is 11.5 Å². The van der Waals surface area contributed by atoms with Crippen molar-refractivity contribution in [2.75, 3.05) is 26.2 Å². The molecule has 4 aromatic rings. The molecule has 0 fully saturated rings. The number of nitro benzene ring substituents is 1. The lowest BCUT2D eigenvalue weighted by Crippen LogP contribution is -2.41. The van der Waals surface area contributed by atoms with Crippen LogP contribution in [0.4, 0.5) is 5.69 Å². The molecular weight excluding hydrogens is 536 g/mol. The molecule has 2 heterocycles. The number of aryl methyl sites for hydroxylation is 2. The van der Waals surface area contributed by atoms with E-state index in [1.165, 1.54) is 16.7 Å². The first-order chi connectivity index (χ1) is 20.4. The minimum Gasteiger partial charge on any atom is -0.395 e. The highest BCUT2D eigenvalue weighted by molar-refractivity contribution is 5.71. The van der Waals surface area contributed by atoms with E-state index in [2.05, 4.69) is 4.90 Å². The molecule has 0 saturated carbocycles. The van der Waals surface area contributed by atoms with E-state index in [4.69, 9.17) is 4.98 Å². The molecule has 11 heteroatoms. The highest BCUT2D eigenvalue weighted by Crippen LogP contribution is 2.18. The van der Waals surface area contributed by atoms with Crippen molar-refractivity contribution < 1.29 is 10.0 Å². The first-order valence-electron chi connectivity index (χ1n) is 14.7. The van der Waals surface area contributed by atoms with Crippen molar-refractivity contribution in [1.82, 2.24) is 23.6 Å². The van der Waals surface area contributed by atoms with E-state index < -0.39 is 4.92 Å². The van der Waals surface area contributed by atoms with Gasteiger partial charge in [-0.3, -0.25) is 28.9 Å². The minimum atomic E-state index is -0.412. The second-order valence-corrected chi connectivity index (χ2v) is 10.4. The van der Waals surface area contributed by atoms with Crippen LogP contribution in [0.15, 0.2) is 64.2 Å². The molecule has 0 spiro atoms. The summed E-state index contributed by atoms with van der Waals surface area (Å²) in [6.07, 6.45) is 3.32. The van der Waals surface area contributed by atoms with Crippen LogP contribution in [0.1, 0.15) is 50.1 Å². The van der Waals surface area contributed by atoms with Crippen molar-refractivity contribution >= 4 is 16.9 Å². The van der Waals surface area contributed by atoms with Gasteiger partial charge < -0.3 is 9.67 Å². The van der Waals surface area contributed by atoms with E-state index in [9.17, 15) is 24.8 Å². The summed E-state index contributed by atoms with van der Waals surface area (Å²) in [7, 11) is 0.